The van der Waals surface area contributed by atoms with Crippen LogP contribution in [-0.4, -0.2) is 30.4 Å². The highest BCUT2D eigenvalue weighted by Gasteiger charge is 2.11. The van der Waals surface area contributed by atoms with Crippen molar-refractivity contribution in [3.8, 4) is 0 Å². The lowest BCUT2D eigenvalue weighted by Gasteiger charge is -2.26. The van der Waals surface area contributed by atoms with E-state index in [1.807, 2.05) is 31.2 Å². The average molecular weight is 273 g/mol. The largest absolute Gasteiger partial charge is 0.303 e. The first kappa shape index (κ1) is 14.6. The van der Waals surface area contributed by atoms with Crippen molar-refractivity contribution in [1.29, 1.82) is 0 Å². The summed E-state index contributed by atoms with van der Waals surface area (Å²) in [6.07, 6.45) is 4.28. The molecule has 0 saturated heterocycles. The molecule has 1 aromatic rings. The number of carbonyl (C=O) groups excluding carboxylic acids is 1. The molecule has 2 rings (SSSR count). The minimum absolute atomic E-state index is 0.0955. The number of hydrazine groups is 1. The van der Waals surface area contributed by atoms with Crippen LogP contribution in [-0.2, 0) is 0 Å². The molecular weight excluding hydrogens is 250 g/mol. The Hall–Kier alpha value is -1.81. The number of benzene rings is 1. The Kier molecular flexibility index (Phi) is 5.18. The summed E-state index contributed by atoms with van der Waals surface area (Å²) in [6.45, 7) is 7.34. The van der Waals surface area contributed by atoms with E-state index in [1.165, 1.54) is 6.42 Å². The average Bonchev–Trinajstić information content (AvgIpc) is 2.47. The first-order chi connectivity index (χ1) is 9.69. The maximum absolute atomic E-state index is 12.0. The van der Waals surface area contributed by atoms with E-state index in [4.69, 9.17) is 0 Å². The molecule has 2 N–H and O–H groups in total. The fourth-order valence-corrected chi connectivity index (χ4v) is 2.26. The highest BCUT2D eigenvalue weighted by Crippen LogP contribution is 2.08. The third-order valence-corrected chi connectivity index (χ3v) is 3.48. The van der Waals surface area contributed by atoms with E-state index in [2.05, 4.69) is 28.8 Å². The van der Waals surface area contributed by atoms with Crippen molar-refractivity contribution in [2.45, 2.75) is 26.7 Å². The zero-order valence-electron chi connectivity index (χ0n) is 12.3. The second kappa shape index (κ2) is 7.10. The highest BCUT2D eigenvalue weighted by molar-refractivity contribution is 5.93. The standard InChI is InChI=1S/C16H23N3O/c1-3-10-19-11-8-15(9-12-19)17-18-16(20)14-6-4-13(2)5-7-14/h4-8,17H,3,9-12H2,1-2H3,(H,18,20). The second-order valence-electron chi connectivity index (χ2n) is 5.23. The summed E-state index contributed by atoms with van der Waals surface area (Å²) in [4.78, 5) is 14.4. The third kappa shape index (κ3) is 4.10. The lowest BCUT2D eigenvalue weighted by molar-refractivity contribution is 0.0937. The minimum atomic E-state index is -0.0955. The Bertz CT molecular complexity index is 479. The molecular formula is C16H23N3O. The lowest BCUT2D eigenvalue weighted by atomic mass is 10.1. The summed E-state index contributed by atoms with van der Waals surface area (Å²) >= 11 is 0. The molecule has 1 aliphatic heterocycles. The molecule has 0 fully saturated rings. The summed E-state index contributed by atoms with van der Waals surface area (Å²) in [5.41, 5.74) is 8.71. The van der Waals surface area contributed by atoms with E-state index >= 15 is 0 Å². The van der Waals surface area contributed by atoms with Crippen molar-refractivity contribution in [3.63, 3.8) is 0 Å². The Balaban J connectivity index is 1.81. The molecule has 0 radical (unpaired) electrons. The van der Waals surface area contributed by atoms with Gasteiger partial charge in [0.25, 0.3) is 5.91 Å². The third-order valence-electron chi connectivity index (χ3n) is 3.48. The van der Waals surface area contributed by atoms with Gasteiger partial charge in [-0.3, -0.25) is 15.1 Å². The SMILES string of the molecule is CCCN1CC=C(NNC(=O)c2ccc(C)cc2)CC1. The summed E-state index contributed by atoms with van der Waals surface area (Å²) in [5.74, 6) is -0.0955. The number of rotatable bonds is 5. The molecule has 0 saturated carbocycles. The van der Waals surface area contributed by atoms with E-state index in [-0.39, 0.29) is 5.91 Å². The summed E-state index contributed by atoms with van der Waals surface area (Å²) in [5, 5.41) is 0. The van der Waals surface area contributed by atoms with Gasteiger partial charge in [0.05, 0.1) is 0 Å². The van der Waals surface area contributed by atoms with Crippen molar-refractivity contribution in [1.82, 2.24) is 15.8 Å². The van der Waals surface area contributed by atoms with Gasteiger partial charge in [-0.15, -0.1) is 0 Å². The van der Waals surface area contributed by atoms with Gasteiger partial charge in [-0.1, -0.05) is 24.6 Å². The second-order valence-corrected chi connectivity index (χ2v) is 5.23. The number of nitrogens with one attached hydrogen (secondary N) is 2. The summed E-state index contributed by atoms with van der Waals surface area (Å²) in [7, 11) is 0. The van der Waals surface area contributed by atoms with Crippen LogP contribution in [0, 0.1) is 6.92 Å². The topological polar surface area (TPSA) is 44.4 Å². The Morgan fingerprint density at radius 1 is 1.30 bits per heavy atom. The van der Waals surface area contributed by atoms with E-state index in [9.17, 15) is 4.79 Å². The molecule has 1 heterocycles. The Labute approximate surface area is 120 Å². The van der Waals surface area contributed by atoms with Crippen LogP contribution in [0.15, 0.2) is 36.0 Å². The van der Waals surface area contributed by atoms with E-state index in [1.54, 1.807) is 0 Å². The molecule has 20 heavy (non-hydrogen) atoms. The van der Waals surface area contributed by atoms with Gasteiger partial charge in [0.2, 0.25) is 0 Å². The van der Waals surface area contributed by atoms with Gasteiger partial charge in [0.1, 0.15) is 0 Å². The van der Waals surface area contributed by atoms with Gasteiger partial charge in [0.15, 0.2) is 0 Å². The molecule has 1 aliphatic rings. The van der Waals surface area contributed by atoms with Crippen LogP contribution in [0.2, 0.25) is 0 Å². The van der Waals surface area contributed by atoms with Crippen molar-refractivity contribution in [3.05, 3.63) is 47.2 Å². The fraction of sp³-hybridized carbons (Fsp3) is 0.438. The molecule has 0 aromatic heterocycles. The van der Waals surface area contributed by atoms with Crippen LogP contribution in [0.1, 0.15) is 35.7 Å². The van der Waals surface area contributed by atoms with Gasteiger partial charge in [-0.05, 0) is 38.1 Å². The molecule has 0 aliphatic carbocycles. The van der Waals surface area contributed by atoms with Crippen LogP contribution in [0.5, 0.6) is 0 Å². The van der Waals surface area contributed by atoms with Crippen molar-refractivity contribution >= 4 is 5.91 Å². The zero-order chi connectivity index (χ0) is 14.4. The molecule has 4 nitrogen and oxygen atoms in total. The Morgan fingerprint density at radius 2 is 2.05 bits per heavy atom. The molecule has 0 atom stereocenters. The lowest BCUT2D eigenvalue weighted by Crippen LogP contribution is -2.40. The number of aryl methyl sites for hydroxylation is 1. The molecule has 1 aromatic carbocycles. The van der Waals surface area contributed by atoms with E-state index < -0.39 is 0 Å². The number of hydrogen-bond acceptors (Lipinski definition) is 3. The smallest absolute Gasteiger partial charge is 0.269 e. The zero-order valence-corrected chi connectivity index (χ0v) is 12.3. The molecule has 4 heteroatoms. The summed E-state index contributed by atoms with van der Waals surface area (Å²) in [6, 6.07) is 7.56. The van der Waals surface area contributed by atoms with Gasteiger partial charge in [-0.2, -0.15) is 0 Å². The maximum Gasteiger partial charge on any atom is 0.269 e. The molecule has 0 spiro atoms. The highest BCUT2D eigenvalue weighted by atomic mass is 16.2. The minimum Gasteiger partial charge on any atom is -0.303 e. The van der Waals surface area contributed by atoms with Crippen molar-refractivity contribution in [2.24, 2.45) is 0 Å². The van der Waals surface area contributed by atoms with E-state index in [0.717, 1.165) is 37.3 Å². The number of carbonyl (C=O) groups is 1. The number of nitrogens with zero attached hydrogens (tertiary/aromatic N) is 1. The van der Waals surface area contributed by atoms with Crippen molar-refractivity contribution < 1.29 is 4.79 Å². The first-order valence-electron chi connectivity index (χ1n) is 7.23. The van der Waals surface area contributed by atoms with Crippen molar-refractivity contribution in [2.75, 3.05) is 19.6 Å². The van der Waals surface area contributed by atoms with Gasteiger partial charge >= 0.3 is 0 Å². The predicted molar refractivity (Wildman–Crippen MR) is 81.2 cm³/mol. The quantitative estimate of drug-likeness (QED) is 0.809. The van der Waals surface area contributed by atoms with Gasteiger partial charge in [-0.25, -0.2) is 0 Å². The van der Waals surface area contributed by atoms with Crippen LogP contribution < -0.4 is 10.9 Å². The van der Waals surface area contributed by atoms with E-state index in [0.29, 0.717) is 5.56 Å². The van der Waals surface area contributed by atoms with Crippen LogP contribution in [0.3, 0.4) is 0 Å². The monoisotopic (exact) mass is 273 g/mol. The first-order valence-corrected chi connectivity index (χ1v) is 7.23. The van der Waals surface area contributed by atoms with Gasteiger partial charge in [0, 0.05) is 30.8 Å². The van der Waals surface area contributed by atoms with Crippen LogP contribution >= 0.6 is 0 Å². The maximum atomic E-state index is 12.0. The van der Waals surface area contributed by atoms with Crippen LogP contribution in [0.4, 0.5) is 0 Å². The number of amides is 1. The Morgan fingerprint density at radius 3 is 2.65 bits per heavy atom. The number of hydrogen-bond donors (Lipinski definition) is 2. The van der Waals surface area contributed by atoms with Crippen LogP contribution in [0.25, 0.3) is 0 Å². The molecule has 108 valence electrons. The van der Waals surface area contributed by atoms with Gasteiger partial charge < -0.3 is 5.43 Å². The molecule has 1 amide bonds. The predicted octanol–water partition coefficient (Wildman–Crippen LogP) is 2.23. The molecule has 0 unspecified atom stereocenters. The summed E-state index contributed by atoms with van der Waals surface area (Å²) < 4.78 is 0. The fourth-order valence-electron chi connectivity index (χ4n) is 2.26. The molecule has 0 bridgehead atoms. The normalized spacial score (nSPS) is 15.6.